The average molecular weight is 284 g/mol. The van der Waals surface area contributed by atoms with E-state index in [1.807, 2.05) is 13.8 Å². The molecule has 0 aromatic heterocycles. The molecule has 0 aromatic rings. The molecule has 2 heterocycles. The van der Waals surface area contributed by atoms with E-state index in [-0.39, 0.29) is 30.8 Å². The number of fused-ring (bicyclic) bond motifs is 2. The van der Waals surface area contributed by atoms with Crippen LogP contribution in [0.1, 0.15) is 39.5 Å². The lowest BCUT2D eigenvalue weighted by molar-refractivity contribution is -0.142. The first kappa shape index (κ1) is 15.1. The quantitative estimate of drug-likeness (QED) is 0.793. The van der Waals surface area contributed by atoms with Gasteiger partial charge in [-0.3, -0.25) is 4.79 Å². The zero-order valence-electron chi connectivity index (χ0n) is 12.2. The lowest BCUT2D eigenvalue weighted by Gasteiger charge is -2.33. The van der Waals surface area contributed by atoms with E-state index in [0.29, 0.717) is 19.4 Å². The lowest BCUT2D eigenvalue weighted by atomic mass is 9.89. The van der Waals surface area contributed by atoms with Crippen molar-refractivity contribution < 1.29 is 19.8 Å². The number of nitrogens with zero attached hydrogens (tertiary/aromatic N) is 2. The van der Waals surface area contributed by atoms with Crippen molar-refractivity contribution in [2.75, 3.05) is 13.2 Å². The van der Waals surface area contributed by atoms with Crippen LogP contribution < -0.4 is 0 Å². The van der Waals surface area contributed by atoms with Crippen LogP contribution in [0, 0.1) is 5.92 Å². The number of hydrogen-bond donors (Lipinski definition) is 2. The highest BCUT2D eigenvalue weighted by Gasteiger charge is 2.52. The van der Waals surface area contributed by atoms with Crippen LogP contribution in [-0.4, -0.2) is 63.3 Å². The molecule has 2 fully saturated rings. The predicted octanol–water partition coefficient (Wildman–Crippen LogP) is 1.14. The number of rotatable bonds is 5. The van der Waals surface area contributed by atoms with Crippen LogP contribution in [0.4, 0.5) is 4.79 Å². The van der Waals surface area contributed by atoms with Crippen LogP contribution in [0.5, 0.6) is 0 Å². The van der Waals surface area contributed by atoms with Crippen LogP contribution >= 0.6 is 0 Å². The number of aliphatic hydroxyl groups is 1. The number of carboxylic acids is 1. The van der Waals surface area contributed by atoms with E-state index in [1.54, 1.807) is 9.80 Å². The molecule has 6 nitrogen and oxygen atoms in total. The number of carbonyl (C=O) groups is 2. The highest BCUT2D eigenvalue weighted by atomic mass is 16.4. The van der Waals surface area contributed by atoms with Crippen molar-refractivity contribution in [1.82, 2.24) is 9.80 Å². The Balaban J connectivity index is 2.10. The van der Waals surface area contributed by atoms with Gasteiger partial charge in [-0.2, -0.15) is 0 Å². The summed E-state index contributed by atoms with van der Waals surface area (Å²) in [6.45, 7) is 4.46. The van der Waals surface area contributed by atoms with Gasteiger partial charge in [0.2, 0.25) is 0 Å². The van der Waals surface area contributed by atoms with E-state index in [9.17, 15) is 14.7 Å². The molecule has 6 heteroatoms. The van der Waals surface area contributed by atoms with Gasteiger partial charge in [-0.05, 0) is 39.5 Å². The topological polar surface area (TPSA) is 81.1 Å². The first-order valence-corrected chi connectivity index (χ1v) is 7.40. The Labute approximate surface area is 119 Å². The van der Waals surface area contributed by atoms with Crippen LogP contribution in [0.3, 0.4) is 0 Å². The van der Waals surface area contributed by atoms with Crippen molar-refractivity contribution in [3.8, 4) is 0 Å². The third-order valence-corrected chi connectivity index (χ3v) is 4.50. The first-order chi connectivity index (χ1) is 9.47. The van der Waals surface area contributed by atoms with Gasteiger partial charge in [0.05, 0.1) is 5.92 Å². The van der Waals surface area contributed by atoms with Crippen molar-refractivity contribution in [2.45, 2.75) is 57.7 Å². The van der Waals surface area contributed by atoms with Gasteiger partial charge in [0.25, 0.3) is 0 Å². The van der Waals surface area contributed by atoms with Crippen molar-refractivity contribution in [3.63, 3.8) is 0 Å². The summed E-state index contributed by atoms with van der Waals surface area (Å²) in [4.78, 5) is 27.5. The summed E-state index contributed by atoms with van der Waals surface area (Å²) in [6, 6.07) is -0.0913. The summed E-state index contributed by atoms with van der Waals surface area (Å²) in [5.74, 6) is -1.20. The first-order valence-electron chi connectivity index (χ1n) is 7.40. The average Bonchev–Trinajstić information content (AvgIpc) is 2.95. The summed E-state index contributed by atoms with van der Waals surface area (Å²) in [5, 5.41) is 18.2. The molecule has 2 amide bonds. The maximum Gasteiger partial charge on any atom is 0.320 e. The van der Waals surface area contributed by atoms with Crippen molar-refractivity contribution in [2.24, 2.45) is 5.92 Å². The molecule has 0 aromatic carbocycles. The van der Waals surface area contributed by atoms with Gasteiger partial charge in [-0.15, -0.1) is 0 Å². The molecule has 3 unspecified atom stereocenters. The Hall–Kier alpha value is -1.30. The smallest absolute Gasteiger partial charge is 0.320 e. The van der Waals surface area contributed by atoms with E-state index in [4.69, 9.17) is 5.11 Å². The third kappa shape index (κ3) is 2.61. The SMILES string of the molecule is CC(C)N(CCCO)C(=O)N1C2CCC1C(C(=O)O)C2. The van der Waals surface area contributed by atoms with Crippen LogP contribution in [-0.2, 0) is 4.79 Å². The fourth-order valence-corrected chi connectivity index (χ4v) is 3.52. The van der Waals surface area contributed by atoms with E-state index >= 15 is 0 Å². The molecule has 0 spiro atoms. The molecule has 0 aliphatic carbocycles. The molecule has 0 saturated carbocycles. The number of carbonyl (C=O) groups excluding carboxylic acids is 1. The second kappa shape index (κ2) is 5.99. The van der Waals surface area contributed by atoms with Gasteiger partial charge in [0.1, 0.15) is 0 Å². The van der Waals surface area contributed by atoms with Gasteiger partial charge < -0.3 is 20.0 Å². The summed E-state index contributed by atoms with van der Waals surface area (Å²) in [5.41, 5.74) is 0. The molecule has 2 saturated heterocycles. The van der Waals surface area contributed by atoms with Gasteiger partial charge in [-0.25, -0.2) is 4.79 Å². The molecule has 2 aliphatic heterocycles. The Bertz CT molecular complexity index is 385. The Morgan fingerprint density at radius 3 is 2.55 bits per heavy atom. The zero-order valence-corrected chi connectivity index (χ0v) is 12.2. The molecule has 2 N–H and O–H groups in total. The predicted molar refractivity (Wildman–Crippen MR) is 73.3 cm³/mol. The van der Waals surface area contributed by atoms with Gasteiger partial charge in [0.15, 0.2) is 0 Å². The second-order valence-corrected chi connectivity index (χ2v) is 6.03. The number of amides is 2. The number of carboxylic acid groups (broad SMARTS) is 1. The van der Waals surface area contributed by atoms with Crippen molar-refractivity contribution >= 4 is 12.0 Å². The minimum absolute atomic E-state index is 0.0531. The molecule has 2 bridgehead atoms. The minimum Gasteiger partial charge on any atom is -0.481 e. The zero-order chi connectivity index (χ0) is 14.9. The lowest BCUT2D eigenvalue weighted by Crippen LogP contribution is -2.49. The van der Waals surface area contributed by atoms with E-state index in [0.717, 1.165) is 12.8 Å². The Kier molecular flexibility index (Phi) is 4.52. The van der Waals surface area contributed by atoms with Gasteiger partial charge in [0, 0.05) is 31.3 Å². The van der Waals surface area contributed by atoms with Gasteiger partial charge >= 0.3 is 12.0 Å². The fourth-order valence-electron chi connectivity index (χ4n) is 3.52. The molecule has 0 radical (unpaired) electrons. The Morgan fingerprint density at radius 1 is 1.35 bits per heavy atom. The van der Waals surface area contributed by atoms with E-state index in [1.165, 1.54) is 0 Å². The Morgan fingerprint density at radius 2 is 2.05 bits per heavy atom. The number of aliphatic carboxylic acids is 1. The second-order valence-electron chi connectivity index (χ2n) is 6.03. The minimum atomic E-state index is -0.790. The van der Waals surface area contributed by atoms with Gasteiger partial charge in [-0.1, -0.05) is 0 Å². The summed E-state index contributed by atoms with van der Waals surface area (Å²) in [6.07, 6.45) is 2.83. The van der Waals surface area contributed by atoms with E-state index in [2.05, 4.69) is 0 Å². The molecular weight excluding hydrogens is 260 g/mol. The van der Waals surface area contributed by atoms with Crippen LogP contribution in [0.25, 0.3) is 0 Å². The maximum atomic E-state index is 12.7. The summed E-state index contributed by atoms with van der Waals surface area (Å²) in [7, 11) is 0. The third-order valence-electron chi connectivity index (χ3n) is 4.50. The fraction of sp³-hybridized carbons (Fsp3) is 0.857. The molecule has 2 aliphatic rings. The standard InChI is InChI=1S/C14H24N2O4/c1-9(2)15(6-3-7-17)14(20)16-10-4-5-12(16)11(8-10)13(18)19/h9-12,17H,3-8H2,1-2H3,(H,18,19). The highest BCUT2D eigenvalue weighted by molar-refractivity contribution is 5.79. The van der Waals surface area contributed by atoms with Crippen LogP contribution in [0.2, 0.25) is 0 Å². The van der Waals surface area contributed by atoms with Crippen molar-refractivity contribution in [3.05, 3.63) is 0 Å². The largest absolute Gasteiger partial charge is 0.481 e. The maximum absolute atomic E-state index is 12.7. The molecule has 114 valence electrons. The highest BCUT2D eigenvalue weighted by Crippen LogP contribution is 2.42. The number of urea groups is 1. The summed E-state index contributed by atoms with van der Waals surface area (Å²) < 4.78 is 0. The normalized spacial score (nSPS) is 28.2. The molecule has 3 atom stereocenters. The van der Waals surface area contributed by atoms with Crippen molar-refractivity contribution in [1.29, 1.82) is 0 Å². The molecular formula is C14H24N2O4. The molecule has 2 rings (SSSR count). The summed E-state index contributed by atoms with van der Waals surface area (Å²) >= 11 is 0. The monoisotopic (exact) mass is 284 g/mol. The van der Waals surface area contributed by atoms with Crippen LogP contribution in [0.15, 0.2) is 0 Å². The van der Waals surface area contributed by atoms with E-state index < -0.39 is 11.9 Å². The number of aliphatic hydroxyl groups excluding tert-OH is 1. The molecule has 20 heavy (non-hydrogen) atoms. The number of hydrogen-bond acceptors (Lipinski definition) is 3.